The second kappa shape index (κ2) is 4.55. The van der Waals surface area contributed by atoms with Crippen LogP contribution in [0.5, 0.6) is 0 Å². The molecule has 1 fully saturated rings. The number of amides is 1. The molecular formula is C12H13N5O3. The fourth-order valence-electron chi connectivity index (χ4n) is 2.39. The van der Waals surface area contributed by atoms with E-state index in [1.54, 1.807) is 12.3 Å². The average Bonchev–Trinajstić information content (AvgIpc) is 3.05. The molecule has 1 N–H and O–H groups in total. The summed E-state index contributed by atoms with van der Waals surface area (Å²) in [4.78, 5) is 32.9. The SMILES string of the molecule is Cc1ccnc2nc(C(=O)N3CCCC3C(=O)O)nn12. The molecule has 1 atom stereocenters. The summed E-state index contributed by atoms with van der Waals surface area (Å²) in [6.45, 7) is 2.24. The summed E-state index contributed by atoms with van der Waals surface area (Å²) < 4.78 is 1.47. The predicted octanol–water partition coefficient (Wildman–Crippen LogP) is 0.122. The maximum atomic E-state index is 12.3. The van der Waals surface area contributed by atoms with Crippen LogP contribution in [0.2, 0.25) is 0 Å². The first-order chi connectivity index (χ1) is 9.58. The van der Waals surface area contributed by atoms with Gasteiger partial charge in [-0.2, -0.15) is 4.98 Å². The summed E-state index contributed by atoms with van der Waals surface area (Å²) in [5.41, 5.74) is 0.803. The Morgan fingerprint density at radius 3 is 2.95 bits per heavy atom. The highest BCUT2D eigenvalue weighted by Crippen LogP contribution is 2.19. The minimum absolute atomic E-state index is 0.0139. The molecule has 1 saturated heterocycles. The van der Waals surface area contributed by atoms with Crippen molar-refractivity contribution in [2.75, 3.05) is 6.54 Å². The van der Waals surface area contributed by atoms with Gasteiger partial charge in [-0.1, -0.05) is 0 Å². The Bertz CT molecular complexity index is 695. The Morgan fingerprint density at radius 2 is 2.25 bits per heavy atom. The first-order valence-electron chi connectivity index (χ1n) is 6.30. The lowest BCUT2D eigenvalue weighted by Gasteiger charge is -2.19. The second-order valence-electron chi connectivity index (χ2n) is 4.73. The van der Waals surface area contributed by atoms with Crippen molar-refractivity contribution in [3.8, 4) is 0 Å². The summed E-state index contributed by atoms with van der Waals surface area (Å²) in [7, 11) is 0. The van der Waals surface area contributed by atoms with E-state index >= 15 is 0 Å². The number of fused-ring (bicyclic) bond motifs is 1. The Hall–Kier alpha value is -2.51. The Balaban J connectivity index is 1.96. The first kappa shape index (κ1) is 12.5. The predicted molar refractivity (Wildman–Crippen MR) is 67.2 cm³/mol. The molecule has 1 amide bonds. The van der Waals surface area contributed by atoms with E-state index in [2.05, 4.69) is 15.1 Å². The fraction of sp³-hybridized carbons (Fsp3) is 0.417. The number of carboxylic acids is 1. The van der Waals surface area contributed by atoms with Gasteiger partial charge in [-0.3, -0.25) is 4.79 Å². The number of nitrogens with zero attached hydrogens (tertiary/aromatic N) is 5. The van der Waals surface area contributed by atoms with Gasteiger partial charge >= 0.3 is 5.97 Å². The summed E-state index contributed by atoms with van der Waals surface area (Å²) in [5.74, 6) is -1.13. The molecule has 1 aliphatic heterocycles. The monoisotopic (exact) mass is 275 g/mol. The van der Waals surface area contributed by atoms with Gasteiger partial charge in [0.15, 0.2) is 0 Å². The van der Waals surface area contributed by atoms with Gasteiger partial charge in [0.1, 0.15) is 6.04 Å². The standard InChI is InChI=1S/C12H13N5O3/c1-7-4-5-13-12-14-9(15-17(7)12)10(18)16-6-2-3-8(16)11(19)20/h4-5,8H,2-3,6H2,1H3,(H,19,20). The molecule has 8 heteroatoms. The van der Waals surface area contributed by atoms with Crippen LogP contribution in [-0.2, 0) is 4.79 Å². The lowest BCUT2D eigenvalue weighted by Crippen LogP contribution is -2.40. The molecule has 0 spiro atoms. The van der Waals surface area contributed by atoms with Gasteiger partial charge < -0.3 is 10.0 Å². The molecule has 2 aromatic rings. The van der Waals surface area contributed by atoms with Crippen LogP contribution in [0.1, 0.15) is 29.2 Å². The van der Waals surface area contributed by atoms with Crippen LogP contribution in [0, 0.1) is 6.92 Å². The summed E-state index contributed by atoms with van der Waals surface area (Å²) in [6, 6.07) is 0.967. The van der Waals surface area contributed by atoms with Crippen molar-refractivity contribution in [3.05, 3.63) is 23.8 Å². The number of aromatic nitrogens is 4. The summed E-state index contributed by atoms with van der Waals surface area (Å²) >= 11 is 0. The number of hydrogen-bond acceptors (Lipinski definition) is 5. The molecule has 0 bridgehead atoms. The van der Waals surface area contributed by atoms with E-state index in [4.69, 9.17) is 5.11 Å². The third-order valence-electron chi connectivity index (χ3n) is 3.42. The zero-order valence-electron chi connectivity index (χ0n) is 10.9. The minimum atomic E-state index is -0.992. The van der Waals surface area contributed by atoms with Gasteiger partial charge in [0.05, 0.1) is 0 Å². The molecule has 2 aromatic heterocycles. The number of aliphatic carboxylic acids is 1. The number of hydrogen-bond donors (Lipinski definition) is 1. The molecule has 0 radical (unpaired) electrons. The van der Waals surface area contributed by atoms with E-state index in [1.807, 2.05) is 6.92 Å². The van der Waals surface area contributed by atoms with Crippen LogP contribution in [0.25, 0.3) is 5.78 Å². The van der Waals surface area contributed by atoms with Gasteiger partial charge in [-0.05, 0) is 25.8 Å². The molecule has 104 valence electrons. The van der Waals surface area contributed by atoms with Crippen molar-refractivity contribution >= 4 is 17.7 Å². The summed E-state index contributed by atoms with van der Waals surface area (Å²) in [5, 5.41) is 13.2. The fourth-order valence-corrected chi connectivity index (χ4v) is 2.39. The van der Waals surface area contributed by atoms with Gasteiger partial charge in [0.25, 0.3) is 11.7 Å². The number of likely N-dealkylation sites (tertiary alicyclic amines) is 1. The van der Waals surface area contributed by atoms with E-state index in [0.717, 1.165) is 5.69 Å². The molecule has 0 saturated carbocycles. The molecular weight excluding hydrogens is 262 g/mol. The van der Waals surface area contributed by atoms with Crippen LogP contribution >= 0.6 is 0 Å². The van der Waals surface area contributed by atoms with Crippen LogP contribution in [0.15, 0.2) is 12.3 Å². The molecule has 1 unspecified atom stereocenters. The van der Waals surface area contributed by atoms with E-state index in [9.17, 15) is 9.59 Å². The molecule has 0 aromatic carbocycles. The van der Waals surface area contributed by atoms with Gasteiger partial charge in [-0.15, -0.1) is 5.10 Å². The number of rotatable bonds is 2. The van der Waals surface area contributed by atoms with Crippen molar-refractivity contribution < 1.29 is 14.7 Å². The minimum Gasteiger partial charge on any atom is -0.480 e. The largest absolute Gasteiger partial charge is 0.480 e. The van der Waals surface area contributed by atoms with Crippen molar-refractivity contribution in [1.29, 1.82) is 0 Å². The normalized spacial score (nSPS) is 18.6. The van der Waals surface area contributed by atoms with Gasteiger partial charge in [0, 0.05) is 18.4 Å². The zero-order valence-corrected chi connectivity index (χ0v) is 10.9. The van der Waals surface area contributed by atoms with E-state index in [-0.39, 0.29) is 5.82 Å². The molecule has 0 aliphatic carbocycles. The molecule has 20 heavy (non-hydrogen) atoms. The number of aryl methyl sites for hydroxylation is 1. The average molecular weight is 275 g/mol. The third kappa shape index (κ3) is 1.89. The van der Waals surface area contributed by atoms with Gasteiger partial charge in [-0.25, -0.2) is 14.3 Å². The highest BCUT2D eigenvalue weighted by molar-refractivity contribution is 5.94. The topological polar surface area (TPSA) is 101 Å². The number of carbonyl (C=O) groups excluding carboxylic acids is 1. The Morgan fingerprint density at radius 1 is 1.45 bits per heavy atom. The van der Waals surface area contributed by atoms with Crippen LogP contribution in [0.4, 0.5) is 0 Å². The molecule has 1 aliphatic rings. The first-order valence-corrected chi connectivity index (χ1v) is 6.30. The maximum absolute atomic E-state index is 12.3. The Labute approximate surface area is 114 Å². The van der Waals surface area contributed by atoms with Gasteiger partial charge in [0.2, 0.25) is 5.82 Å². The zero-order chi connectivity index (χ0) is 14.3. The summed E-state index contributed by atoms with van der Waals surface area (Å²) in [6.07, 6.45) is 2.72. The van der Waals surface area contributed by atoms with E-state index in [1.165, 1.54) is 9.42 Å². The van der Waals surface area contributed by atoms with E-state index in [0.29, 0.717) is 25.2 Å². The van der Waals surface area contributed by atoms with Crippen molar-refractivity contribution in [1.82, 2.24) is 24.5 Å². The number of carbonyl (C=O) groups is 2. The lowest BCUT2D eigenvalue weighted by molar-refractivity contribution is -0.141. The highest BCUT2D eigenvalue weighted by atomic mass is 16.4. The maximum Gasteiger partial charge on any atom is 0.326 e. The second-order valence-corrected chi connectivity index (χ2v) is 4.73. The molecule has 3 rings (SSSR count). The van der Waals surface area contributed by atoms with Crippen molar-refractivity contribution in [3.63, 3.8) is 0 Å². The number of carboxylic acid groups (broad SMARTS) is 1. The van der Waals surface area contributed by atoms with Crippen LogP contribution in [-0.4, -0.2) is 54.1 Å². The third-order valence-corrected chi connectivity index (χ3v) is 3.42. The highest BCUT2D eigenvalue weighted by Gasteiger charge is 2.36. The lowest BCUT2D eigenvalue weighted by atomic mass is 10.2. The van der Waals surface area contributed by atoms with Crippen molar-refractivity contribution in [2.24, 2.45) is 0 Å². The molecule has 3 heterocycles. The molecule has 8 nitrogen and oxygen atoms in total. The van der Waals surface area contributed by atoms with Crippen molar-refractivity contribution in [2.45, 2.75) is 25.8 Å². The van der Waals surface area contributed by atoms with Crippen LogP contribution in [0.3, 0.4) is 0 Å². The Kier molecular flexibility index (Phi) is 2.85. The van der Waals surface area contributed by atoms with Crippen LogP contribution < -0.4 is 0 Å². The van der Waals surface area contributed by atoms with E-state index < -0.39 is 17.9 Å². The smallest absolute Gasteiger partial charge is 0.326 e. The quantitative estimate of drug-likeness (QED) is 0.835.